The van der Waals surface area contributed by atoms with E-state index in [4.69, 9.17) is 28.7 Å². The lowest BCUT2D eigenvalue weighted by molar-refractivity contribution is 0.433. The first kappa shape index (κ1) is 27.8. The number of hydrogen-bond donors (Lipinski definition) is 7. The van der Waals surface area contributed by atoms with Gasteiger partial charge in [-0.05, 0) is 18.2 Å². The van der Waals surface area contributed by atoms with Crippen LogP contribution in [0.1, 0.15) is 11.3 Å². The molecule has 13 nitrogen and oxygen atoms in total. The number of nitrogen functional groups attached to an aromatic ring is 3. The van der Waals surface area contributed by atoms with E-state index in [0.29, 0.717) is 10.8 Å². The molecule has 0 bridgehead atoms. The molecule has 0 amide bonds. The number of anilines is 4. The van der Waals surface area contributed by atoms with Gasteiger partial charge >= 0.3 is 0 Å². The summed E-state index contributed by atoms with van der Waals surface area (Å²) < 4.78 is 58.4. The van der Waals surface area contributed by atoms with E-state index < -0.39 is 45.2 Å². The van der Waals surface area contributed by atoms with Crippen molar-refractivity contribution in [3.63, 3.8) is 0 Å². The summed E-state index contributed by atoms with van der Waals surface area (Å²) in [6.45, 7) is 0. The number of halogens is 4. The molecule has 0 aliphatic heterocycles. The van der Waals surface area contributed by atoms with Gasteiger partial charge in [-0.15, -0.1) is 0 Å². The SMILES string of the molecule is N#CC(NNc1cc2c3cc(N)c(N)nc3c3nc(C#N)c(C#N)cc3c2nc1N)=c1c(F)c(F)c(=C(N)N)c(F)c1F. The minimum Gasteiger partial charge on any atom is -0.396 e. The van der Waals surface area contributed by atoms with Crippen LogP contribution in [0.5, 0.6) is 0 Å². The van der Waals surface area contributed by atoms with Crippen LogP contribution in [0.4, 0.5) is 40.6 Å². The van der Waals surface area contributed by atoms with Crippen molar-refractivity contribution < 1.29 is 17.6 Å². The van der Waals surface area contributed by atoms with Gasteiger partial charge in [0, 0.05) is 16.2 Å². The Morgan fingerprint density at radius 2 is 1.28 bits per heavy atom. The molecule has 0 spiro atoms. The Hall–Kier alpha value is -6.80. The number of fused-ring (bicyclic) bond motifs is 6. The number of nitrogens with zero attached hydrogens (tertiary/aromatic N) is 6. The fourth-order valence-corrected chi connectivity index (χ4v) is 4.39. The van der Waals surface area contributed by atoms with Gasteiger partial charge in [0.05, 0.1) is 38.4 Å². The van der Waals surface area contributed by atoms with Crippen LogP contribution < -0.4 is 50.0 Å². The number of nitriles is 3. The van der Waals surface area contributed by atoms with Gasteiger partial charge in [-0.2, -0.15) is 15.8 Å². The highest BCUT2D eigenvalue weighted by molar-refractivity contribution is 6.23. The number of aromatic nitrogens is 3. The van der Waals surface area contributed by atoms with Gasteiger partial charge in [0.1, 0.15) is 46.9 Å². The molecule has 0 aliphatic carbocycles. The van der Waals surface area contributed by atoms with Gasteiger partial charge in [0.15, 0.2) is 29.0 Å². The average Bonchev–Trinajstić information content (AvgIpc) is 2.98. The maximum Gasteiger partial charge on any atom is 0.173 e. The van der Waals surface area contributed by atoms with Crippen LogP contribution >= 0.6 is 0 Å². The van der Waals surface area contributed by atoms with Crippen LogP contribution in [0.15, 0.2) is 18.2 Å². The van der Waals surface area contributed by atoms with Crippen LogP contribution in [0.2, 0.25) is 0 Å². The van der Waals surface area contributed by atoms with Crippen LogP contribution in [0, 0.1) is 57.3 Å². The molecule has 5 rings (SSSR count). The molecule has 0 atom stereocenters. The Labute approximate surface area is 236 Å². The molecular weight excluding hydrogens is 570 g/mol. The number of benzene rings is 2. The summed E-state index contributed by atoms with van der Waals surface area (Å²) >= 11 is 0. The second-order valence-electron chi connectivity index (χ2n) is 8.88. The van der Waals surface area contributed by atoms with E-state index in [1.807, 2.05) is 12.1 Å². The Kier molecular flexibility index (Phi) is 6.45. The van der Waals surface area contributed by atoms with Gasteiger partial charge in [-0.1, -0.05) is 0 Å². The Bertz CT molecular complexity index is 2300. The molecule has 0 radical (unpaired) electrons. The number of nitrogens with one attached hydrogen (secondary N) is 2. The number of pyridine rings is 3. The molecule has 0 aliphatic rings. The molecular formula is C26H15F4N13. The summed E-state index contributed by atoms with van der Waals surface area (Å²) in [5.41, 5.74) is 32.3. The summed E-state index contributed by atoms with van der Waals surface area (Å²) in [5, 5.41) is 26.8. The topological polar surface area (TPSA) is 264 Å². The minimum absolute atomic E-state index is 0.0435. The van der Waals surface area contributed by atoms with Gasteiger partial charge in [-0.25, -0.2) is 32.5 Å². The fraction of sp³-hybridized carbons (Fsp3) is 0. The Morgan fingerprint density at radius 1 is 0.698 bits per heavy atom. The largest absolute Gasteiger partial charge is 0.396 e. The summed E-state index contributed by atoms with van der Waals surface area (Å²) in [4.78, 5) is 12.9. The number of hydrogen-bond acceptors (Lipinski definition) is 13. The van der Waals surface area contributed by atoms with Crippen molar-refractivity contribution in [3.05, 3.63) is 63.2 Å². The van der Waals surface area contributed by atoms with E-state index >= 15 is 0 Å². The average molecular weight is 585 g/mol. The third kappa shape index (κ3) is 4.19. The first-order valence-corrected chi connectivity index (χ1v) is 11.7. The van der Waals surface area contributed by atoms with Crippen molar-refractivity contribution in [2.24, 2.45) is 11.5 Å². The molecule has 5 aromatic rings. The molecule has 0 fully saturated rings. The van der Waals surface area contributed by atoms with E-state index in [1.165, 1.54) is 24.3 Å². The molecule has 17 heteroatoms. The van der Waals surface area contributed by atoms with Crippen molar-refractivity contribution in [1.29, 1.82) is 15.8 Å². The lowest BCUT2D eigenvalue weighted by Crippen LogP contribution is -2.37. The Balaban J connectivity index is 1.77. The van der Waals surface area contributed by atoms with E-state index in [1.54, 1.807) is 0 Å². The summed E-state index contributed by atoms with van der Waals surface area (Å²) in [6, 6.07) is 9.37. The zero-order valence-corrected chi connectivity index (χ0v) is 21.3. The third-order valence-corrected chi connectivity index (χ3v) is 6.39. The quantitative estimate of drug-likeness (QED) is 0.0663. The standard InChI is InChI=1S/C26H15F4N13/c27-17-15(18(28)20(30)16(19(17)29)24(35)36)14(6-33)43-42-12-3-9-8-2-11(34)25(37)41-22(8)23-10(21(9)40-26(12)38)1-7(4-31)13(5-32)39-23/h1-3,42-43H,34-36H2,(H2,37,41)(H2,38,40). The summed E-state index contributed by atoms with van der Waals surface area (Å²) in [5.74, 6) is -9.00. The van der Waals surface area contributed by atoms with Gasteiger partial charge in [0.25, 0.3) is 0 Å². The van der Waals surface area contributed by atoms with Crippen LogP contribution in [0.3, 0.4) is 0 Å². The van der Waals surface area contributed by atoms with Crippen LogP contribution in [-0.2, 0) is 0 Å². The highest BCUT2D eigenvalue weighted by atomic mass is 19.2. The van der Waals surface area contributed by atoms with E-state index in [-0.39, 0.29) is 56.2 Å². The van der Waals surface area contributed by atoms with Crippen molar-refractivity contribution >= 4 is 67.2 Å². The molecule has 0 unspecified atom stereocenters. The van der Waals surface area contributed by atoms with Crippen molar-refractivity contribution in [1.82, 2.24) is 20.4 Å². The molecule has 43 heavy (non-hydrogen) atoms. The lowest BCUT2D eigenvalue weighted by Gasteiger charge is -2.15. The van der Waals surface area contributed by atoms with Crippen molar-refractivity contribution in [3.8, 4) is 18.2 Å². The molecule has 12 N–H and O–H groups in total. The molecule has 0 saturated heterocycles. The highest BCUT2D eigenvalue weighted by Crippen LogP contribution is 2.37. The predicted molar refractivity (Wildman–Crippen MR) is 148 cm³/mol. The molecule has 0 saturated carbocycles. The number of hydrazine groups is 1. The van der Waals surface area contributed by atoms with Gasteiger partial charge < -0.3 is 28.7 Å². The maximum absolute atomic E-state index is 14.8. The van der Waals surface area contributed by atoms with Crippen molar-refractivity contribution in [2.75, 3.05) is 22.6 Å². The zero-order chi connectivity index (χ0) is 31.3. The Morgan fingerprint density at radius 3 is 1.86 bits per heavy atom. The van der Waals surface area contributed by atoms with Crippen molar-refractivity contribution in [2.45, 2.75) is 0 Å². The number of rotatable bonds is 3. The maximum atomic E-state index is 14.8. The second-order valence-corrected chi connectivity index (χ2v) is 8.88. The molecule has 3 heterocycles. The predicted octanol–water partition coefficient (Wildman–Crippen LogP) is 0.609. The highest BCUT2D eigenvalue weighted by Gasteiger charge is 2.23. The van der Waals surface area contributed by atoms with Gasteiger partial charge in [-0.3, -0.25) is 10.9 Å². The normalized spacial score (nSPS) is 10.7. The van der Waals surface area contributed by atoms with Gasteiger partial charge in [0.2, 0.25) is 0 Å². The van der Waals surface area contributed by atoms with E-state index in [9.17, 15) is 33.3 Å². The second kappa shape index (κ2) is 9.99. The first-order valence-electron chi connectivity index (χ1n) is 11.7. The lowest BCUT2D eigenvalue weighted by atomic mass is 10.0. The summed E-state index contributed by atoms with van der Waals surface area (Å²) in [7, 11) is 0. The third-order valence-electron chi connectivity index (χ3n) is 6.39. The first-order chi connectivity index (χ1) is 20.4. The van der Waals surface area contributed by atoms with E-state index in [0.717, 1.165) is 0 Å². The molecule has 212 valence electrons. The number of nitrogens with two attached hydrogens (primary N) is 5. The van der Waals surface area contributed by atoms with E-state index in [2.05, 4.69) is 25.8 Å². The summed E-state index contributed by atoms with van der Waals surface area (Å²) in [6.07, 6.45) is 0. The zero-order valence-electron chi connectivity index (χ0n) is 21.3. The van der Waals surface area contributed by atoms with Crippen LogP contribution in [-0.4, -0.2) is 15.0 Å². The monoisotopic (exact) mass is 585 g/mol. The molecule has 2 aromatic carbocycles. The fourth-order valence-electron chi connectivity index (χ4n) is 4.39. The molecule has 3 aromatic heterocycles. The smallest absolute Gasteiger partial charge is 0.173 e. The minimum atomic E-state index is -1.94. The van der Waals surface area contributed by atoms with Crippen LogP contribution in [0.25, 0.3) is 44.2 Å².